The van der Waals surface area contributed by atoms with Crippen LogP contribution < -0.4 is 5.32 Å². The van der Waals surface area contributed by atoms with Gasteiger partial charge in [-0.3, -0.25) is 0 Å². The van der Waals surface area contributed by atoms with E-state index in [2.05, 4.69) is 31.0 Å². The lowest BCUT2D eigenvalue weighted by Gasteiger charge is -2.20. The van der Waals surface area contributed by atoms with Gasteiger partial charge in [0.2, 0.25) is 0 Å². The van der Waals surface area contributed by atoms with Crippen molar-refractivity contribution in [2.45, 2.75) is 46.1 Å². The zero-order chi connectivity index (χ0) is 10.4. The summed E-state index contributed by atoms with van der Waals surface area (Å²) in [5, 5.41) is 3.46. The van der Waals surface area contributed by atoms with Crippen LogP contribution in [0.25, 0.3) is 0 Å². The number of nitrogens with one attached hydrogen (secondary N) is 1. The van der Waals surface area contributed by atoms with Gasteiger partial charge in [-0.25, -0.2) is 0 Å². The third-order valence-corrected chi connectivity index (χ3v) is 3.14. The van der Waals surface area contributed by atoms with Gasteiger partial charge in [-0.15, -0.1) is 0 Å². The zero-order valence-corrected chi connectivity index (χ0v) is 10.1. The fourth-order valence-electron chi connectivity index (χ4n) is 2.41. The number of hydrogen-bond acceptors (Lipinski definition) is 2. The van der Waals surface area contributed by atoms with Gasteiger partial charge in [-0.05, 0) is 51.7 Å². The SMILES string of the molecule is CCCNCCCN1CC(C)CC1C. The minimum absolute atomic E-state index is 0.816. The molecule has 0 saturated carbocycles. The molecule has 1 saturated heterocycles. The molecule has 0 bridgehead atoms. The van der Waals surface area contributed by atoms with Crippen LogP contribution in [0.4, 0.5) is 0 Å². The first kappa shape index (κ1) is 12.0. The third-order valence-electron chi connectivity index (χ3n) is 3.14. The monoisotopic (exact) mass is 198 g/mol. The fourth-order valence-corrected chi connectivity index (χ4v) is 2.41. The van der Waals surface area contributed by atoms with Crippen LogP contribution in [0.5, 0.6) is 0 Å². The van der Waals surface area contributed by atoms with Crippen LogP contribution in [0.1, 0.15) is 40.0 Å². The van der Waals surface area contributed by atoms with E-state index in [0.717, 1.165) is 12.0 Å². The van der Waals surface area contributed by atoms with Crippen molar-refractivity contribution >= 4 is 0 Å². The molecule has 2 unspecified atom stereocenters. The van der Waals surface area contributed by atoms with E-state index in [1.807, 2.05) is 0 Å². The van der Waals surface area contributed by atoms with Crippen LogP contribution in [-0.4, -0.2) is 37.1 Å². The summed E-state index contributed by atoms with van der Waals surface area (Å²) >= 11 is 0. The number of likely N-dealkylation sites (tertiary alicyclic amines) is 1. The molecular formula is C12H26N2. The van der Waals surface area contributed by atoms with Gasteiger partial charge in [0.15, 0.2) is 0 Å². The molecule has 2 atom stereocenters. The molecule has 1 heterocycles. The Morgan fingerprint density at radius 1 is 1.29 bits per heavy atom. The van der Waals surface area contributed by atoms with Crippen LogP contribution in [0.3, 0.4) is 0 Å². The maximum absolute atomic E-state index is 3.46. The van der Waals surface area contributed by atoms with E-state index in [1.54, 1.807) is 0 Å². The van der Waals surface area contributed by atoms with E-state index in [0.29, 0.717) is 0 Å². The molecule has 0 aromatic carbocycles. The quantitative estimate of drug-likeness (QED) is 0.658. The Balaban J connectivity index is 2.01. The number of rotatable bonds is 6. The van der Waals surface area contributed by atoms with Crippen LogP contribution in [0.15, 0.2) is 0 Å². The van der Waals surface area contributed by atoms with Gasteiger partial charge in [0.25, 0.3) is 0 Å². The van der Waals surface area contributed by atoms with Crippen LogP contribution >= 0.6 is 0 Å². The lowest BCUT2D eigenvalue weighted by atomic mass is 10.1. The first-order valence-electron chi connectivity index (χ1n) is 6.18. The smallest absolute Gasteiger partial charge is 0.00700 e. The molecule has 84 valence electrons. The van der Waals surface area contributed by atoms with Gasteiger partial charge < -0.3 is 10.2 Å². The predicted molar refractivity (Wildman–Crippen MR) is 62.6 cm³/mol. The van der Waals surface area contributed by atoms with Crippen molar-refractivity contribution < 1.29 is 0 Å². The summed E-state index contributed by atoms with van der Waals surface area (Å²) in [5.74, 6) is 0.911. The molecule has 2 nitrogen and oxygen atoms in total. The van der Waals surface area contributed by atoms with E-state index >= 15 is 0 Å². The average Bonchev–Trinajstić information content (AvgIpc) is 2.45. The minimum Gasteiger partial charge on any atom is -0.317 e. The summed E-state index contributed by atoms with van der Waals surface area (Å²) in [4.78, 5) is 2.64. The zero-order valence-electron chi connectivity index (χ0n) is 10.1. The summed E-state index contributed by atoms with van der Waals surface area (Å²) in [6.07, 6.45) is 3.94. The molecule has 0 spiro atoms. The maximum atomic E-state index is 3.46. The van der Waals surface area contributed by atoms with Gasteiger partial charge in [0, 0.05) is 12.6 Å². The van der Waals surface area contributed by atoms with Crippen molar-refractivity contribution in [1.82, 2.24) is 10.2 Å². The Kier molecular flexibility index (Phi) is 5.49. The first-order chi connectivity index (χ1) is 6.74. The molecule has 1 aliphatic rings. The maximum Gasteiger partial charge on any atom is 0.00700 e. The summed E-state index contributed by atoms with van der Waals surface area (Å²) in [5.41, 5.74) is 0. The minimum atomic E-state index is 0.816. The standard InChI is InChI=1S/C12H26N2/c1-4-6-13-7-5-8-14-10-11(2)9-12(14)3/h11-13H,4-10H2,1-3H3. The Labute approximate surface area is 89.1 Å². The second-order valence-corrected chi connectivity index (χ2v) is 4.79. The molecule has 14 heavy (non-hydrogen) atoms. The third kappa shape index (κ3) is 3.97. The summed E-state index contributed by atoms with van der Waals surface area (Å²) < 4.78 is 0. The van der Waals surface area contributed by atoms with Gasteiger partial charge in [-0.1, -0.05) is 13.8 Å². The summed E-state index contributed by atoms with van der Waals surface area (Å²) in [7, 11) is 0. The molecule has 1 N–H and O–H groups in total. The van der Waals surface area contributed by atoms with Crippen LogP contribution in [0.2, 0.25) is 0 Å². The second kappa shape index (κ2) is 6.41. The molecule has 1 aliphatic heterocycles. The molecular weight excluding hydrogens is 172 g/mol. The van der Waals surface area contributed by atoms with Gasteiger partial charge in [-0.2, -0.15) is 0 Å². The van der Waals surface area contributed by atoms with Crippen molar-refractivity contribution in [1.29, 1.82) is 0 Å². The highest BCUT2D eigenvalue weighted by Crippen LogP contribution is 2.21. The van der Waals surface area contributed by atoms with Crippen molar-refractivity contribution in [3.05, 3.63) is 0 Å². The Hall–Kier alpha value is -0.0800. The van der Waals surface area contributed by atoms with Crippen LogP contribution in [0, 0.1) is 5.92 Å². The Morgan fingerprint density at radius 3 is 2.64 bits per heavy atom. The number of nitrogens with zero attached hydrogens (tertiary/aromatic N) is 1. The lowest BCUT2D eigenvalue weighted by molar-refractivity contribution is 0.261. The molecule has 0 aliphatic carbocycles. The van der Waals surface area contributed by atoms with Crippen molar-refractivity contribution in [2.24, 2.45) is 5.92 Å². The van der Waals surface area contributed by atoms with Crippen molar-refractivity contribution in [3.63, 3.8) is 0 Å². The van der Waals surface area contributed by atoms with Gasteiger partial charge in [0.05, 0.1) is 0 Å². The normalized spacial score (nSPS) is 28.5. The number of hydrogen-bond donors (Lipinski definition) is 1. The largest absolute Gasteiger partial charge is 0.317 e. The molecule has 0 aromatic heterocycles. The van der Waals surface area contributed by atoms with E-state index in [1.165, 1.54) is 45.4 Å². The molecule has 0 aromatic rings. The van der Waals surface area contributed by atoms with E-state index in [-0.39, 0.29) is 0 Å². The van der Waals surface area contributed by atoms with Gasteiger partial charge in [0.1, 0.15) is 0 Å². The predicted octanol–water partition coefficient (Wildman–Crippen LogP) is 2.11. The van der Waals surface area contributed by atoms with E-state index < -0.39 is 0 Å². The van der Waals surface area contributed by atoms with E-state index in [4.69, 9.17) is 0 Å². The Bertz CT molecular complexity index is 147. The topological polar surface area (TPSA) is 15.3 Å². The second-order valence-electron chi connectivity index (χ2n) is 4.79. The molecule has 1 rings (SSSR count). The Morgan fingerprint density at radius 2 is 2.07 bits per heavy atom. The summed E-state index contributed by atoms with van der Waals surface area (Å²) in [6, 6.07) is 0.816. The lowest BCUT2D eigenvalue weighted by Crippen LogP contribution is -2.30. The highest BCUT2D eigenvalue weighted by Gasteiger charge is 2.24. The molecule has 0 amide bonds. The highest BCUT2D eigenvalue weighted by atomic mass is 15.2. The highest BCUT2D eigenvalue weighted by molar-refractivity contribution is 4.79. The average molecular weight is 198 g/mol. The first-order valence-corrected chi connectivity index (χ1v) is 6.18. The molecule has 0 radical (unpaired) electrons. The van der Waals surface area contributed by atoms with Crippen molar-refractivity contribution in [3.8, 4) is 0 Å². The van der Waals surface area contributed by atoms with Crippen LogP contribution in [-0.2, 0) is 0 Å². The fraction of sp³-hybridized carbons (Fsp3) is 1.00. The van der Waals surface area contributed by atoms with Gasteiger partial charge >= 0.3 is 0 Å². The molecule has 2 heteroatoms. The summed E-state index contributed by atoms with van der Waals surface area (Å²) in [6.45, 7) is 11.9. The van der Waals surface area contributed by atoms with E-state index in [9.17, 15) is 0 Å². The molecule has 1 fully saturated rings. The van der Waals surface area contributed by atoms with Crippen molar-refractivity contribution in [2.75, 3.05) is 26.2 Å².